The Kier molecular flexibility index (Phi) is 5.53. The smallest absolute Gasteiger partial charge is 0.150 e. The number of hydrogen-bond donors (Lipinski definition) is 1. The summed E-state index contributed by atoms with van der Waals surface area (Å²) in [6.07, 6.45) is 2.24. The van der Waals surface area contributed by atoms with Crippen molar-refractivity contribution in [1.29, 1.82) is 0 Å². The fourth-order valence-corrected chi connectivity index (χ4v) is 2.10. The molecule has 0 fully saturated rings. The Morgan fingerprint density at radius 2 is 2.10 bits per heavy atom. The van der Waals surface area contributed by atoms with Crippen LogP contribution in [-0.4, -0.2) is 26.5 Å². The van der Waals surface area contributed by atoms with E-state index in [0.717, 1.165) is 35.6 Å². The first-order chi connectivity index (χ1) is 10.3. The lowest BCUT2D eigenvalue weighted by atomic mass is 10.1. The number of aliphatic hydroxyl groups excluding tert-OH is 1. The van der Waals surface area contributed by atoms with Gasteiger partial charge in [0.15, 0.2) is 5.82 Å². The molecule has 0 unspecified atom stereocenters. The van der Waals surface area contributed by atoms with Gasteiger partial charge in [0.25, 0.3) is 0 Å². The molecule has 0 amide bonds. The van der Waals surface area contributed by atoms with Crippen LogP contribution in [0.4, 0.5) is 0 Å². The second-order valence-corrected chi connectivity index (χ2v) is 4.78. The molecule has 0 aliphatic heterocycles. The first-order valence-electron chi connectivity index (χ1n) is 7.38. The monoisotopic (exact) mass is 283 g/mol. The van der Waals surface area contributed by atoms with Gasteiger partial charge in [-0.2, -0.15) is 5.10 Å². The molecule has 1 aromatic carbocycles. The molecule has 0 aliphatic carbocycles. The van der Waals surface area contributed by atoms with Gasteiger partial charge in [-0.25, -0.2) is 9.67 Å². The van der Waals surface area contributed by atoms with Crippen molar-refractivity contribution in [2.24, 2.45) is 0 Å². The van der Waals surface area contributed by atoms with E-state index in [2.05, 4.69) is 47.9 Å². The molecule has 0 saturated carbocycles. The van der Waals surface area contributed by atoms with Gasteiger partial charge >= 0.3 is 0 Å². The fourth-order valence-electron chi connectivity index (χ4n) is 2.10. The number of aryl methyl sites for hydroxylation is 2. The molecular formula is C17H21N3O. The Morgan fingerprint density at radius 1 is 1.24 bits per heavy atom. The van der Waals surface area contributed by atoms with Crippen LogP contribution in [0.25, 0.3) is 0 Å². The minimum Gasteiger partial charge on any atom is -0.395 e. The number of benzene rings is 1. The lowest BCUT2D eigenvalue weighted by molar-refractivity contribution is 0.305. The summed E-state index contributed by atoms with van der Waals surface area (Å²) < 4.78 is 1.97. The maximum atomic E-state index is 8.76. The van der Waals surface area contributed by atoms with Gasteiger partial charge < -0.3 is 5.11 Å². The number of nitrogens with zero attached hydrogens (tertiary/aromatic N) is 3. The third-order valence-electron chi connectivity index (χ3n) is 3.15. The highest BCUT2D eigenvalue weighted by atomic mass is 16.2. The number of hydrogen-bond acceptors (Lipinski definition) is 3. The summed E-state index contributed by atoms with van der Waals surface area (Å²) in [5.74, 6) is 7.92. The average molecular weight is 283 g/mol. The van der Waals surface area contributed by atoms with E-state index in [1.165, 1.54) is 0 Å². The van der Waals surface area contributed by atoms with E-state index in [1.807, 2.05) is 16.8 Å². The largest absolute Gasteiger partial charge is 0.395 e. The summed E-state index contributed by atoms with van der Waals surface area (Å²) in [7, 11) is 0. The van der Waals surface area contributed by atoms with Crippen LogP contribution in [0.15, 0.2) is 24.3 Å². The predicted octanol–water partition coefficient (Wildman–Crippen LogP) is 2.19. The fraction of sp³-hybridized carbons (Fsp3) is 0.412. The summed E-state index contributed by atoms with van der Waals surface area (Å²) in [5, 5.41) is 13.3. The molecule has 4 nitrogen and oxygen atoms in total. The number of rotatable bonds is 5. The molecule has 1 heterocycles. The zero-order valence-electron chi connectivity index (χ0n) is 12.6. The molecule has 1 N–H and O–H groups in total. The Labute approximate surface area is 125 Å². The highest BCUT2D eigenvalue weighted by Gasteiger charge is 2.07. The van der Waals surface area contributed by atoms with Crippen molar-refractivity contribution < 1.29 is 5.11 Å². The van der Waals surface area contributed by atoms with Crippen molar-refractivity contribution in [3.05, 3.63) is 47.0 Å². The minimum atomic E-state index is 0.102. The zero-order valence-corrected chi connectivity index (χ0v) is 12.6. The molecule has 0 bridgehead atoms. The van der Waals surface area contributed by atoms with Gasteiger partial charge in [-0.05, 0) is 17.7 Å². The van der Waals surface area contributed by atoms with Crippen LogP contribution in [0.5, 0.6) is 0 Å². The van der Waals surface area contributed by atoms with Crippen molar-refractivity contribution in [3.63, 3.8) is 0 Å². The lowest BCUT2D eigenvalue weighted by Gasteiger charge is -2.05. The molecule has 2 aromatic rings. The molecule has 0 spiro atoms. The molecule has 110 valence electrons. The zero-order chi connectivity index (χ0) is 15.1. The Hall–Kier alpha value is -2.12. The van der Waals surface area contributed by atoms with Crippen LogP contribution in [0.3, 0.4) is 0 Å². The maximum absolute atomic E-state index is 8.76. The molecule has 21 heavy (non-hydrogen) atoms. The average Bonchev–Trinajstić information content (AvgIpc) is 2.90. The molecule has 0 saturated heterocycles. The molecule has 1 aromatic heterocycles. The lowest BCUT2D eigenvalue weighted by Crippen LogP contribution is -2.06. The Balaban J connectivity index is 2.18. The van der Waals surface area contributed by atoms with E-state index in [9.17, 15) is 0 Å². The third-order valence-corrected chi connectivity index (χ3v) is 3.15. The van der Waals surface area contributed by atoms with Crippen molar-refractivity contribution in [2.45, 2.75) is 39.7 Å². The van der Waals surface area contributed by atoms with Crippen molar-refractivity contribution in [3.8, 4) is 11.8 Å². The topological polar surface area (TPSA) is 50.9 Å². The van der Waals surface area contributed by atoms with Crippen LogP contribution in [0, 0.1) is 11.8 Å². The number of aliphatic hydroxyl groups is 1. The van der Waals surface area contributed by atoms with Gasteiger partial charge in [0, 0.05) is 24.8 Å². The highest BCUT2D eigenvalue weighted by molar-refractivity contribution is 5.37. The van der Waals surface area contributed by atoms with E-state index in [0.29, 0.717) is 13.0 Å². The molecule has 4 heteroatoms. The summed E-state index contributed by atoms with van der Waals surface area (Å²) in [5.41, 5.74) is 2.13. The molecule has 0 radical (unpaired) electrons. The normalized spacial score (nSPS) is 10.2. The van der Waals surface area contributed by atoms with E-state index in [-0.39, 0.29) is 6.61 Å². The van der Waals surface area contributed by atoms with E-state index in [1.54, 1.807) is 0 Å². The first-order valence-corrected chi connectivity index (χ1v) is 7.38. The summed E-state index contributed by atoms with van der Waals surface area (Å²) in [4.78, 5) is 4.52. The van der Waals surface area contributed by atoms with Crippen LogP contribution in [0.1, 0.15) is 43.0 Å². The molecular weight excluding hydrogens is 262 g/mol. The second-order valence-electron chi connectivity index (χ2n) is 4.78. The summed E-state index contributed by atoms with van der Waals surface area (Å²) >= 11 is 0. The first kappa shape index (κ1) is 15.3. The van der Waals surface area contributed by atoms with Gasteiger partial charge in [-0.15, -0.1) is 0 Å². The van der Waals surface area contributed by atoms with Crippen LogP contribution < -0.4 is 0 Å². The van der Waals surface area contributed by atoms with Crippen molar-refractivity contribution in [1.82, 2.24) is 14.8 Å². The summed E-state index contributed by atoms with van der Waals surface area (Å²) in [6, 6.07) is 8.12. The third kappa shape index (κ3) is 4.17. The van der Waals surface area contributed by atoms with E-state index >= 15 is 0 Å². The van der Waals surface area contributed by atoms with Crippen molar-refractivity contribution in [2.75, 3.05) is 6.61 Å². The van der Waals surface area contributed by atoms with Crippen molar-refractivity contribution >= 4 is 0 Å². The summed E-state index contributed by atoms with van der Waals surface area (Å²) in [6.45, 7) is 4.98. The van der Waals surface area contributed by atoms with Crippen LogP contribution in [-0.2, 0) is 19.4 Å². The highest BCUT2D eigenvalue weighted by Crippen LogP contribution is 2.09. The minimum absolute atomic E-state index is 0.102. The predicted molar refractivity (Wildman–Crippen MR) is 82.9 cm³/mol. The maximum Gasteiger partial charge on any atom is 0.150 e. The molecule has 0 atom stereocenters. The Morgan fingerprint density at radius 3 is 2.81 bits per heavy atom. The quantitative estimate of drug-likeness (QED) is 0.856. The number of aromatic nitrogens is 3. The van der Waals surface area contributed by atoms with Gasteiger partial charge in [0.2, 0.25) is 0 Å². The van der Waals surface area contributed by atoms with Gasteiger partial charge in [-0.3, -0.25) is 0 Å². The van der Waals surface area contributed by atoms with Gasteiger partial charge in [-0.1, -0.05) is 37.8 Å². The second kappa shape index (κ2) is 7.61. The van der Waals surface area contributed by atoms with Crippen LogP contribution in [0.2, 0.25) is 0 Å². The van der Waals surface area contributed by atoms with E-state index in [4.69, 9.17) is 5.11 Å². The SMILES string of the molecule is CCc1nc(CC)n(Cc2cccc(C#CCCO)c2)n1. The Bertz CT molecular complexity index is 650. The van der Waals surface area contributed by atoms with E-state index < -0.39 is 0 Å². The van der Waals surface area contributed by atoms with Gasteiger partial charge in [0.1, 0.15) is 5.82 Å². The van der Waals surface area contributed by atoms with Crippen LogP contribution >= 0.6 is 0 Å². The molecule has 0 aliphatic rings. The standard InChI is InChI=1S/C17H21N3O/c1-3-16-18-17(4-2)20(19-16)13-15-10-7-9-14(12-15)8-5-6-11-21/h7,9-10,12,21H,3-4,6,11,13H2,1-2H3. The van der Waals surface area contributed by atoms with Gasteiger partial charge in [0.05, 0.1) is 13.2 Å². The molecule has 2 rings (SSSR count).